The van der Waals surface area contributed by atoms with Gasteiger partial charge in [-0.25, -0.2) is 18.2 Å². The van der Waals surface area contributed by atoms with E-state index in [1.54, 1.807) is 46.0 Å². The molecule has 1 saturated heterocycles. The molecule has 228 valence electrons. The lowest BCUT2D eigenvalue weighted by Crippen LogP contribution is -2.48. The third kappa shape index (κ3) is 5.82. The van der Waals surface area contributed by atoms with Crippen molar-refractivity contribution in [2.45, 2.75) is 51.7 Å². The third-order valence-corrected chi connectivity index (χ3v) is 8.10. The molecule has 0 unspecified atom stereocenters. The number of hydrogen-bond acceptors (Lipinski definition) is 7. The normalized spacial score (nSPS) is 15.7. The maximum atomic E-state index is 15.1. The number of hydrogen-bond donors (Lipinski definition) is 2. The van der Waals surface area contributed by atoms with Crippen LogP contribution >= 0.6 is 0 Å². The molecule has 2 N–H and O–H groups in total. The van der Waals surface area contributed by atoms with E-state index in [0.29, 0.717) is 72.8 Å². The molecule has 0 radical (unpaired) electrons. The summed E-state index contributed by atoms with van der Waals surface area (Å²) in [5, 5.41) is 6.75. The van der Waals surface area contributed by atoms with Gasteiger partial charge in [-0.05, 0) is 39.8 Å². The van der Waals surface area contributed by atoms with E-state index in [2.05, 4.69) is 10.6 Å². The smallest absolute Gasteiger partial charge is 0.266 e. The summed E-state index contributed by atoms with van der Waals surface area (Å²) < 4.78 is 55.5. The number of fused-ring (bicyclic) bond motifs is 1. The molecule has 1 aliphatic rings. The van der Waals surface area contributed by atoms with E-state index in [1.807, 2.05) is 0 Å². The van der Waals surface area contributed by atoms with Crippen LogP contribution < -0.4 is 20.9 Å². The first kappa shape index (κ1) is 31.3. The number of rotatable bonds is 10. The van der Waals surface area contributed by atoms with Gasteiger partial charge in [0.15, 0.2) is 5.75 Å². The lowest BCUT2D eigenvalue weighted by molar-refractivity contribution is -0.135. The molecule has 1 aliphatic heterocycles. The highest BCUT2D eigenvalue weighted by Gasteiger charge is 2.40. The quantitative estimate of drug-likeness (QED) is 0.335. The Labute approximate surface area is 243 Å². The first-order valence-corrected chi connectivity index (χ1v) is 13.9. The molecule has 0 bridgehead atoms. The van der Waals surface area contributed by atoms with E-state index in [9.17, 15) is 18.4 Å². The number of ether oxygens (including phenoxy) is 2. The van der Waals surface area contributed by atoms with Gasteiger partial charge in [0, 0.05) is 51.7 Å². The van der Waals surface area contributed by atoms with Crippen LogP contribution in [0.25, 0.3) is 10.9 Å². The van der Waals surface area contributed by atoms with Gasteiger partial charge in [-0.15, -0.1) is 0 Å². The number of carbonyl (C=O) groups is 1. The number of alkyl halides is 2. The molecular weight excluding hydrogens is 551 g/mol. The number of likely N-dealkylation sites (tertiary alicyclic amines) is 1. The fourth-order valence-corrected chi connectivity index (χ4v) is 5.63. The Morgan fingerprint density at radius 3 is 2.48 bits per heavy atom. The number of likely N-dealkylation sites (N-methyl/N-ethyl adjacent to an activating group) is 1. The maximum Gasteiger partial charge on any atom is 0.266 e. The van der Waals surface area contributed by atoms with Crippen LogP contribution in [-0.4, -0.2) is 60.8 Å². The van der Waals surface area contributed by atoms with Crippen molar-refractivity contribution >= 4 is 22.6 Å². The van der Waals surface area contributed by atoms with Gasteiger partial charge in [-0.2, -0.15) is 0 Å². The van der Waals surface area contributed by atoms with Crippen LogP contribution in [0.5, 0.6) is 5.75 Å². The van der Waals surface area contributed by atoms with E-state index >= 15 is 4.39 Å². The molecule has 0 spiro atoms. The number of aromatic nitrogens is 2. The zero-order valence-electron chi connectivity index (χ0n) is 24.8. The highest BCUT2D eigenvalue weighted by molar-refractivity contribution is 5.95. The van der Waals surface area contributed by atoms with Gasteiger partial charge < -0.3 is 29.6 Å². The van der Waals surface area contributed by atoms with Crippen molar-refractivity contribution in [1.29, 1.82) is 0 Å². The van der Waals surface area contributed by atoms with E-state index in [-0.39, 0.29) is 17.0 Å². The predicted molar refractivity (Wildman–Crippen MR) is 155 cm³/mol. The zero-order chi connectivity index (χ0) is 30.8. The van der Waals surface area contributed by atoms with E-state index < -0.39 is 29.4 Å². The predicted octanol–water partition coefficient (Wildman–Crippen LogP) is 4.57. The number of piperidine rings is 1. The monoisotopic (exact) mass is 589 g/mol. The summed E-state index contributed by atoms with van der Waals surface area (Å²) in [6, 6.07) is 4.89. The number of amides is 1. The number of nitrogens with zero attached hydrogens (tertiary/aromatic N) is 3. The van der Waals surface area contributed by atoms with Gasteiger partial charge in [0.2, 0.25) is 5.91 Å². The highest BCUT2D eigenvalue weighted by Crippen LogP contribution is 2.40. The third-order valence-electron chi connectivity index (χ3n) is 8.10. The van der Waals surface area contributed by atoms with Crippen molar-refractivity contribution in [2.24, 2.45) is 7.05 Å². The number of anilines is 1. The second kappa shape index (κ2) is 12.7. The van der Waals surface area contributed by atoms with Crippen LogP contribution in [0, 0.1) is 12.7 Å². The summed E-state index contributed by atoms with van der Waals surface area (Å²) in [6.07, 6.45) is -2.12. The van der Waals surface area contributed by atoms with Crippen molar-refractivity contribution in [1.82, 2.24) is 19.8 Å². The average molecular weight is 590 g/mol. The topological polar surface area (TPSA) is 97.7 Å². The molecule has 1 amide bonds. The summed E-state index contributed by atoms with van der Waals surface area (Å²) in [7, 11) is 4.99. The molecule has 9 nitrogen and oxygen atoms in total. The number of pyridine rings is 2. The molecule has 1 fully saturated rings. The summed E-state index contributed by atoms with van der Waals surface area (Å²) in [5.74, 6) is -0.266. The van der Waals surface area contributed by atoms with Crippen molar-refractivity contribution in [3.8, 4) is 5.75 Å². The van der Waals surface area contributed by atoms with E-state index in [0.717, 1.165) is 6.07 Å². The SMILES string of the molecule is CNCCOc1c(C)nc(N[C@H](C)c2cccc(C(F)F)c2F)c2cc(C3(OC)CCN(C(C)=O)CC3)c(=O)n(C)c12. The lowest BCUT2D eigenvalue weighted by atomic mass is 9.84. The van der Waals surface area contributed by atoms with Gasteiger partial charge in [0.1, 0.15) is 23.8 Å². The van der Waals surface area contributed by atoms with Gasteiger partial charge in [-0.3, -0.25) is 9.59 Å². The second-order valence-electron chi connectivity index (χ2n) is 10.6. The first-order chi connectivity index (χ1) is 20.0. The Balaban J connectivity index is 1.89. The fourth-order valence-electron chi connectivity index (χ4n) is 5.63. The maximum absolute atomic E-state index is 15.1. The van der Waals surface area contributed by atoms with Crippen LogP contribution in [0.4, 0.5) is 19.0 Å². The fraction of sp³-hybridized carbons (Fsp3) is 0.500. The number of methoxy groups -OCH3 is 1. The van der Waals surface area contributed by atoms with Crippen molar-refractivity contribution in [2.75, 3.05) is 45.7 Å². The van der Waals surface area contributed by atoms with Crippen LogP contribution in [-0.2, 0) is 22.2 Å². The molecule has 12 heteroatoms. The molecule has 1 atom stereocenters. The Bertz CT molecular complexity index is 1520. The number of aryl methyl sites for hydroxylation is 2. The van der Waals surface area contributed by atoms with Crippen molar-refractivity contribution in [3.63, 3.8) is 0 Å². The minimum absolute atomic E-state index is 0.0437. The highest BCUT2D eigenvalue weighted by atomic mass is 19.3. The molecule has 3 heterocycles. The molecule has 0 aliphatic carbocycles. The Morgan fingerprint density at radius 2 is 1.88 bits per heavy atom. The minimum atomic E-state index is -2.95. The van der Waals surface area contributed by atoms with Gasteiger partial charge in [0.25, 0.3) is 12.0 Å². The molecule has 42 heavy (non-hydrogen) atoms. The van der Waals surface area contributed by atoms with Crippen molar-refractivity contribution in [3.05, 3.63) is 62.8 Å². The lowest BCUT2D eigenvalue weighted by Gasteiger charge is -2.40. The molecule has 3 aromatic rings. The summed E-state index contributed by atoms with van der Waals surface area (Å²) in [4.78, 5) is 32.4. The molecule has 4 rings (SSSR count). The van der Waals surface area contributed by atoms with E-state index in [4.69, 9.17) is 14.5 Å². The van der Waals surface area contributed by atoms with E-state index in [1.165, 1.54) is 23.6 Å². The minimum Gasteiger partial charge on any atom is -0.488 e. The average Bonchev–Trinajstić information content (AvgIpc) is 2.96. The number of benzene rings is 1. The summed E-state index contributed by atoms with van der Waals surface area (Å²) in [5.41, 5.74) is -0.466. The Hall–Kier alpha value is -3.64. The standard InChI is InChI=1S/C30H38F3N5O4/c1-17(20-8-7-9-21(24(20)31)27(32)33)35-28-22-16-23(30(41-6)10-13-38(14-11-30)19(3)39)29(40)37(5)25(22)26(18(2)36-28)42-15-12-34-4/h7-9,16-17,27,34H,10-15H2,1-6H3,(H,35,36)/t17-/m1/s1. The zero-order valence-corrected chi connectivity index (χ0v) is 24.8. The number of halogens is 3. The Morgan fingerprint density at radius 1 is 1.21 bits per heavy atom. The van der Waals surface area contributed by atoms with Crippen LogP contribution in [0.15, 0.2) is 29.1 Å². The second-order valence-corrected chi connectivity index (χ2v) is 10.6. The molecule has 2 aromatic heterocycles. The number of nitrogens with one attached hydrogen (secondary N) is 2. The van der Waals surface area contributed by atoms with Crippen LogP contribution in [0.3, 0.4) is 0 Å². The molecular formula is C30H38F3N5O4. The van der Waals surface area contributed by atoms with Crippen LogP contribution in [0.2, 0.25) is 0 Å². The van der Waals surface area contributed by atoms with Crippen molar-refractivity contribution < 1.29 is 27.4 Å². The Kier molecular flexibility index (Phi) is 9.47. The van der Waals surface area contributed by atoms with Crippen LogP contribution in [0.1, 0.15) is 61.5 Å². The first-order valence-electron chi connectivity index (χ1n) is 13.9. The van der Waals surface area contributed by atoms with Gasteiger partial charge in [-0.1, -0.05) is 18.2 Å². The summed E-state index contributed by atoms with van der Waals surface area (Å²) >= 11 is 0. The van der Waals surface area contributed by atoms with Gasteiger partial charge in [0.05, 0.1) is 28.4 Å². The number of carbonyl (C=O) groups excluding carboxylic acids is 1. The van der Waals surface area contributed by atoms with Gasteiger partial charge >= 0.3 is 0 Å². The summed E-state index contributed by atoms with van der Waals surface area (Å²) in [6.45, 7) is 6.65. The molecule has 1 aromatic carbocycles. The largest absolute Gasteiger partial charge is 0.488 e. The molecule has 0 saturated carbocycles.